The predicted octanol–water partition coefficient (Wildman–Crippen LogP) is 1.28. The van der Waals surface area contributed by atoms with E-state index in [9.17, 15) is 9.59 Å². The van der Waals surface area contributed by atoms with Crippen LogP contribution in [0.15, 0.2) is 10.6 Å². The normalized spacial score (nSPS) is 13.6. The zero-order valence-electron chi connectivity index (χ0n) is 11.3. The van der Waals surface area contributed by atoms with Crippen LogP contribution in [-0.4, -0.2) is 28.3 Å². The summed E-state index contributed by atoms with van der Waals surface area (Å²) in [6.45, 7) is 5.59. The number of nitrogens with zero attached hydrogens (tertiary/aromatic N) is 1. The van der Waals surface area contributed by atoms with Crippen molar-refractivity contribution < 1.29 is 19.2 Å². The number of carboxylic acids is 1. The fourth-order valence-corrected chi connectivity index (χ4v) is 1.55. The van der Waals surface area contributed by atoms with Crippen molar-refractivity contribution in [3.8, 4) is 0 Å². The van der Waals surface area contributed by atoms with Gasteiger partial charge in [0.2, 0.25) is 0 Å². The van der Waals surface area contributed by atoms with Gasteiger partial charge in [-0.15, -0.1) is 0 Å². The summed E-state index contributed by atoms with van der Waals surface area (Å²) in [7, 11) is 0. The molecule has 1 aromatic heterocycles. The first-order chi connectivity index (χ1) is 8.93. The lowest BCUT2D eigenvalue weighted by atomic mass is 9.99. The molecule has 0 radical (unpaired) electrons. The second-order valence-electron chi connectivity index (χ2n) is 4.46. The van der Waals surface area contributed by atoms with Crippen molar-refractivity contribution >= 4 is 12.0 Å². The molecule has 0 aliphatic rings. The summed E-state index contributed by atoms with van der Waals surface area (Å²) in [5.41, 5.74) is 0.586. The minimum Gasteiger partial charge on any atom is -0.480 e. The van der Waals surface area contributed by atoms with E-state index in [1.54, 1.807) is 19.9 Å². The molecule has 0 aromatic carbocycles. The Bertz CT molecular complexity index is 444. The number of carbonyl (C=O) groups excluding carboxylic acids is 1. The summed E-state index contributed by atoms with van der Waals surface area (Å²) in [4.78, 5) is 22.7. The first kappa shape index (κ1) is 15.0. The predicted molar refractivity (Wildman–Crippen MR) is 67.5 cm³/mol. The molecule has 7 nitrogen and oxygen atoms in total. The van der Waals surface area contributed by atoms with E-state index in [1.807, 2.05) is 6.92 Å². The van der Waals surface area contributed by atoms with Crippen LogP contribution in [0.3, 0.4) is 0 Å². The third-order valence-electron chi connectivity index (χ3n) is 2.87. The summed E-state index contributed by atoms with van der Waals surface area (Å²) in [6, 6.07) is 0.265. The molecular formula is C12H19N3O4. The summed E-state index contributed by atoms with van der Waals surface area (Å²) in [5.74, 6) is -0.528. The Morgan fingerprint density at radius 2 is 2.21 bits per heavy atom. The lowest BCUT2D eigenvalue weighted by molar-refractivity contribution is -0.140. The Kier molecular flexibility index (Phi) is 5.35. The molecule has 2 atom stereocenters. The first-order valence-corrected chi connectivity index (χ1v) is 6.13. The van der Waals surface area contributed by atoms with E-state index < -0.39 is 18.0 Å². The molecule has 7 heteroatoms. The molecule has 1 aromatic rings. The highest BCUT2D eigenvalue weighted by molar-refractivity contribution is 5.82. The van der Waals surface area contributed by atoms with Gasteiger partial charge in [-0.1, -0.05) is 25.4 Å². The molecule has 19 heavy (non-hydrogen) atoms. The minimum atomic E-state index is -1.04. The Labute approximate surface area is 111 Å². The quantitative estimate of drug-likeness (QED) is 0.721. The van der Waals surface area contributed by atoms with E-state index in [-0.39, 0.29) is 12.5 Å². The van der Waals surface area contributed by atoms with Gasteiger partial charge in [0.1, 0.15) is 17.5 Å². The monoisotopic (exact) mass is 269 g/mol. The lowest BCUT2D eigenvalue weighted by Crippen LogP contribution is -2.48. The van der Waals surface area contributed by atoms with Crippen molar-refractivity contribution in [1.82, 2.24) is 15.8 Å². The van der Waals surface area contributed by atoms with E-state index in [0.29, 0.717) is 17.9 Å². The average Bonchev–Trinajstić information content (AvgIpc) is 2.78. The third-order valence-corrected chi connectivity index (χ3v) is 2.87. The maximum absolute atomic E-state index is 11.6. The van der Waals surface area contributed by atoms with Gasteiger partial charge in [0.25, 0.3) is 0 Å². The van der Waals surface area contributed by atoms with E-state index in [1.165, 1.54) is 0 Å². The van der Waals surface area contributed by atoms with E-state index in [0.717, 1.165) is 0 Å². The van der Waals surface area contributed by atoms with Crippen LogP contribution in [0, 0.1) is 12.8 Å². The summed E-state index contributed by atoms with van der Waals surface area (Å²) in [6.07, 6.45) is 0.666. The van der Waals surface area contributed by atoms with E-state index >= 15 is 0 Å². The van der Waals surface area contributed by atoms with Crippen LogP contribution in [0.4, 0.5) is 4.79 Å². The maximum atomic E-state index is 11.6. The summed E-state index contributed by atoms with van der Waals surface area (Å²) < 4.78 is 4.86. The van der Waals surface area contributed by atoms with E-state index in [2.05, 4.69) is 15.8 Å². The number of amides is 2. The second-order valence-corrected chi connectivity index (χ2v) is 4.46. The van der Waals surface area contributed by atoms with Crippen LogP contribution in [0.2, 0.25) is 0 Å². The standard InChI is InChI=1S/C12H19N3O4/c1-4-7(2)10(11(16)17)14-12(18)13-6-9-5-8(3)19-15-9/h5,7,10H,4,6H2,1-3H3,(H,16,17)(H2,13,14,18)/t7-,10-/m0/s1. The van der Waals surface area contributed by atoms with Crippen LogP contribution < -0.4 is 10.6 Å². The van der Waals surface area contributed by atoms with Crippen LogP contribution in [0.1, 0.15) is 31.7 Å². The van der Waals surface area contributed by atoms with Gasteiger partial charge in [0, 0.05) is 6.07 Å². The highest BCUT2D eigenvalue weighted by Gasteiger charge is 2.25. The largest absolute Gasteiger partial charge is 0.480 e. The van der Waals surface area contributed by atoms with Crippen LogP contribution in [-0.2, 0) is 11.3 Å². The molecule has 0 fully saturated rings. The van der Waals surface area contributed by atoms with Crippen LogP contribution in [0.5, 0.6) is 0 Å². The molecule has 0 saturated heterocycles. The number of aryl methyl sites for hydroxylation is 1. The SMILES string of the molecule is CC[C@H](C)[C@H](NC(=O)NCc1cc(C)on1)C(=O)O. The molecule has 0 aliphatic heterocycles. The van der Waals surface area contributed by atoms with Crippen LogP contribution in [0.25, 0.3) is 0 Å². The maximum Gasteiger partial charge on any atom is 0.326 e. The number of nitrogens with one attached hydrogen (secondary N) is 2. The van der Waals surface area contributed by atoms with Gasteiger partial charge in [0.05, 0.1) is 6.54 Å². The zero-order valence-corrected chi connectivity index (χ0v) is 11.3. The molecule has 0 saturated carbocycles. The smallest absolute Gasteiger partial charge is 0.326 e. The van der Waals surface area contributed by atoms with Gasteiger partial charge in [-0.3, -0.25) is 0 Å². The fraction of sp³-hybridized carbons (Fsp3) is 0.583. The van der Waals surface area contributed by atoms with Crippen molar-refractivity contribution in [2.75, 3.05) is 0 Å². The van der Waals surface area contributed by atoms with Gasteiger partial charge in [-0.25, -0.2) is 9.59 Å². The van der Waals surface area contributed by atoms with Gasteiger partial charge in [-0.05, 0) is 12.8 Å². The molecule has 1 rings (SSSR count). The van der Waals surface area contributed by atoms with Gasteiger partial charge in [-0.2, -0.15) is 0 Å². The van der Waals surface area contributed by atoms with E-state index in [4.69, 9.17) is 9.63 Å². The molecule has 2 amide bonds. The van der Waals surface area contributed by atoms with Crippen molar-refractivity contribution in [3.63, 3.8) is 0 Å². The highest BCUT2D eigenvalue weighted by Crippen LogP contribution is 2.07. The first-order valence-electron chi connectivity index (χ1n) is 6.13. The number of hydrogen-bond acceptors (Lipinski definition) is 4. The van der Waals surface area contributed by atoms with Crippen LogP contribution >= 0.6 is 0 Å². The average molecular weight is 269 g/mol. The van der Waals surface area contributed by atoms with Crippen molar-refractivity contribution in [2.24, 2.45) is 5.92 Å². The number of carbonyl (C=O) groups is 2. The lowest BCUT2D eigenvalue weighted by Gasteiger charge is -2.20. The summed E-state index contributed by atoms with van der Waals surface area (Å²) >= 11 is 0. The number of carboxylic acid groups (broad SMARTS) is 1. The second kappa shape index (κ2) is 6.77. The number of urea groups is 1. The highest BCUT2D eigenvalue weighted by atomic mass is 16.5. The number of rotatable bonds is 6. The molecule has 0 unspecified atom stereocenters. The molecule has 0 spiro atoms. The van der Waals surface area contributed by atoms with Crippen molar-refractivity contribution in [3.05, 3.63) is 17.5 Å². The third kappa shape index (κ3) is 4.61. The molecule has 1 heterocycles. The Balaban J connectivity index is 2.46. The molecule has 0 bridgehead atoms. The van der Waals surface area contributed by atoms with Gasteiger partial charge >= 0.3 is 12.0 Å². The molecular weight excluding hydrogens is 250 g/mol. The zero-order chi connectivity index (χ0) is 14.4. The Hall–Kier alpha value is -2.05. The fourth-order valence-electron chi connectivity index (χ4n) is 1.55. The summed E-state index contributed by atoms with van der Waals surface area (Å²) in [5, 5.41) is 17.7. The van der Waals surface area contributed by atoms with Crippen molar-refractivity contribution in [2.45, 2.75) is 39.8 Å². The van der Waals surface area contributed by atoms with Gasteiger partial charge in [0.15, 0.2) is 0 Å². The molecule has 3 N–H and O–H groups in total. The number of hydrogen-bond donors (Lipinski definition) is 3. The Morgan fingerprint density at radius 1 is 1.53 bits per heavy atom. The topological polar surface area (TPSA) is 104 Å². The Morgan fingerprint density at radius 3 is 2.68 bits per heavy atom. The number of aromatic nitrogens is 1. The molecule has 0 aliphatic carbocycles. The van der Waals surface area contributed by atoms with Gasteiger partial charge < -0.3 is 20.3 Å². The number of aliphatic carboxylic acids is 1. The molecule has 106 valence electrons. The minimum absolute atomic E-state index is 0.141. The van der Waals surface area contributed by atoms with Crippen molar-refractivity contribution in [1.29, 1.82) is 0 Å².